The number of aryl methyl sites for hydroxylation is 1. The van der Waals surface area contributed by atoms with Gasteiger partial charge in [-0.25, -0.2) is 4.98 Å². The molecule has 5 nitrogen and oxygen atoms in total. The Hall–Kier alpha value is -3.13. The summed E-state index contributed by atoms with van der Waals surface area (Å²) in [6.45, 7) is 2.02. The van der Waals surface area contributed by atoms with Crippen LogP contribution in [0.2, 0.25) is 0 Å². The number of H-pyrrole nitrogens is 1. The molecule has 0 saturated carbocycles. The predicted octanol–water partition coefficient (Wildman–Crippen LogP) is 3.25. The van der Waals surface area contributed by atoms with Gasteiger partial charge in [-0.2, -0.15) is 5.26 Å². The summed E-state index contributed by atoms with van der Waals surface area (Å²) in [5, 5.41) is 11.8. The molecule has 0 bridgehead atoms. The van der Waals surface area contributed by atoms with Crippen molar-refractivity contribution in [3.63, 3.8) is 0 Å². The fourth-order valence-electron chi connectivity index (χ4n) is 2.26. The van der Waals surface area contributed by atoms with E-state index in [9.17, 15) is 4.79 Å². The van der Waals surface area contributed by atoms with Gasteiger partial charge in [0.15, 0.2) is 0 Å². The summed E-state index contributed by atoms with van der Waals surface area (Å²) in [5.41, 5.74) is 3.14. The Balaban J connectivity index is 1.90. The number of anilines is 1. The number of aromatic nitrogens is 2. The van der Waals surface area contributed by atoms with Crippen LogP contribution in [0.5, 0.6) is 0 Å². The lowest BCUT2D eigenvalue weighted by Gasteiger charge is -2.06. The average Bonchev–Trinajstić information content (AvgIpc) is 2.97. The number of aromatic amines is 1. The minimum absolute atomic E-state index is 0.253. The maximum atomic E-state index is 12.3. The molecular formula is C17H14N4O. The normalized spacial score (nSPS) is 10.4. The third-order valence-electron chi connectivity index (χ3n) is 3.42. The van der Waals surface area contributed by atoms with Gasteiger partial charge in [0.2, 0.25) is 0 Å². The average molecular weight is 290 g/mol. The summed E-state index contributed by atoms with van der Waals surface area (Å²) in [7, 11) is 0. The number of carbonyl (C=O) groups is 1. The molecule has 22 heavy (non-hydrogen) atoms. The van der Waals surface area contributed by atoms with Gasteiger partial charge < -0.3 is 10.3 Å². The first-order chi connectivity index (χ1) is 10.7. The van der Waals surface area contributed by atoms with Crippen LogP contribution in [0.4, 0.5) is 5.69 Å². The first kappa shape index (κ1) is 13.8. The van der Waals surface area contributed by atoms with Crippen LogP contribution in [0, 0.1) is 11.3 Å². The molecule has 108 valence electrons. The Labute approximate surface area is 127 Å². The third-order valence-corrected chi connectivity index (χ3v) is 3.42. The number of nitrogens with one attached hydrogen (secondary N) is 2. The van der Waals surface area contributed by atoms with Crippen LogP contribution in [0.3, 0.4) is 0 Å². The van der Waals surface area contributed by atoms with Gasteiger partial charge in [-0.1, -0.05) is 19.1 Å². The van der Waals surface area contributed by atoms with Crippen LogP contribution < -0.4 is 5.32 Å². The Kier molecular flexibility index (Phi) is 3.58. The summed E-state index contributed by atoms with van der Waals surface area (Å²) in [6.07, 6.45) is 0.811. The lowest BCUT2D eigenvalue weighted by molar-refractivity contribution is 0.102. The molecule has 1 heterocycles. The molecule has 3 aromatic rings. The Morgan fingerprint density at radius 3 is 2.91 bits per heavy atom. The second-order valence-electron chi connectivity index (χ2n) is 4.88. The molecule has 0 atom stereocenters. The van der Waals surface area contributed by atoms with E-state index in [-0.39, 0.29) is 5.91 Å². The standard InChI is InChI=1S/C17H14N4O/c1-2-16-19-14-8-7-11(9-15(14)20-16)17(22)21-13-6-4-3-5-12(13)10-18/h3-9H,2H2,1H3,(H,19,20)(H,21,22). The fraction of sp³-hybridized carbons (Fsp3) is 0.118. The summed E-state index contributed by atoms with van der Waals surface area (Å²) < 4.78 is 0. The van der Waals surface area contributed by atoms with Gasteiger partial charge in [-0.3, -0.25) is 4.79 Å². The number of carbonyl (C=O) groups excluding carboxylic acids is 1. The number of hydrogen-bond donors (Lipinski definition) is 2. The lowest BCUT2D eigenvalue weighted by Crippen LogP contribution is -2.12. The number of amides is 1. The highest BCUT2D eigenvalue weighted by Crippen LogP contribution is 2.18. The first-order valence-corrected chi connectivity index (χ1v) is 7.00. The Bertz CT molecular complexity index is 889. The van der Waals surface area contributed by atoms with Crippen LogP contribution in [-0.4, -0.2) is 15.9 Å². The summed E-state index contributed by atoms with van der Waals surface area (Å²) >= 11 is 0. The van der Waals surface area contributed by atoms with E-state index in [1.54, 1.807) is 36.4 Å². The predicted molar refractivity (Wildman–Crippen MR) is 84.6 cm³/mol. The van der Waals surface area contributed by atoms with Crippen LogP contribution in [0.15, 0.2) is 42.5 Å². The molecule has 5 heteroatoms. The maximum absolute atomic E-state index is 12.3. The Morgan fingerprint density at radius 1 is 1.32 bits per heavy atom. The van der Waals surface area contributed by atoms with Gasteiger partial charge in [0, 0.05) is 12.0 Å². The van der Waals surface area contributed by atoms with E-state index in [0.29, 0.717) is 16.8 Å². The molecule has 1 aromatic heterocycles. The van der Waals surface area contributed by atoms with Gasteiger partial charge >= 0.3 is 0 Å². The second-order valence-corrected chi connectivity index (χ2v) is 4.88. The van der Waals surface area contributed by atoms with Gasteiger partial charge in [-0.15, -0.1) is 0 Å². The van der Waals surface area contributed by atoms with E-state index >= 15 is 0 Å². The second kappa shape index (κ2) is 5.70. The molecular weight excluding hydrogens is 276 g/mol. The highest BCUT2D eigenvalue weighted by atomic mass is 16.1. The monoisotopic (exact) mass is 290 g/mol. The largest absolute Gasteiger partial charge is 0.342 e. The molecule has 2 N–H and O–H groups in total. The van der Waals surface area contributed by atoms with Gasteiger partial charge in [0.1, 0.15) is 11.9 Å². The number of imidazole rings is 1. The van der Waals surface area contributed by atoms with E-state index in [2.05, 4.69) is 21.4 Å². The molecule has 0 radical (unpaired) electrons. The molecule has 0 fully saturated rings. The summed E-state index contributed by atoms with van der Waals surface area (Å²) in [4.78, 5) is 19.9. The fourth-order valence-corrected chi connectivity index (χ4v) is 2.26. The van der Waals surface area contributed by atoms with E-state index in [1.165, 1.54) is 0 Å². The van der Waals surface area contributed by atoms with Crippen LogP contribution in [-0.2, 0) is 6.42 Å². The van der Waals surface area contributed by atoms with Crippen molar-refractivity contribution in [2.45, 2.75) is 13.3 Å². The molecule has 0 unspecified atom stereocenters. The molecule has 0 aliphatic rings. The zero-order valence-electron chi connectivity index (χ0n) is 12.1. The van der Waals surface area contributed by atoms with Gasteiger partial charge in [-0.05, 0) is 30.3 Å². The van der Waals surface area contributed by atoms with Crippen molar-refractivity contribution in [1.82, 2.24) is 9.97 Å². The zero-order chi connectivity index (χ0) is 15.5. The van der Waals surface area contributed by atoms with E-state index < -0.39 is 0 Å². The molecule has 3 rings (SSSR count). The first-order valence-electron chi connectivity index (χ1n) is 7.00. The van der Waals surface area contributed by atoms with Crippen molar-refractivity contribution in [2.75, 3.05) is 5.32 Å². The lowest BCUT2D eigenvalue weighted by atomic mass is 10.1. The van der Waals surface area contributed by atoms with Gasteiger partial charge in [0.25, 0.3) is 5.91 Å². The number of para-hydroxylation sites is 1. The summed E-state index contributed by atoms with van der Waals surface area (Å²) in [6, 6.07) is 14.3. The van der Waals surface area contributed by atoms with Crippen molar-refractivity contribution < 1.29 is 4.79 Å². The van der Waals surface area contributed by atoms with Crippen molar-refractivity contribution in [2.24, 2.45) is 0 Å². The number of hydrogen-bond acceptors (Lipinski definition) is 3. The zero-order valence-corrected chi connectivity index (χ0v) is 12.1. The molecule has 1 amide bonds. The molecule has 0 aliphatic heterocycles. The van der Waals surface area contributed by atoms with E-state index in [1.807, 2.05) is 13.0 Å². The highest BCUT2D eigenvalue weighted by Gasteiger charge is 2.10. The smallest absolute Gasteiger partial charge is 0.255 e. The topological polar surface area (TPSA) is 81.6 Å². The number of rotatable bonds is 3. The SMILES string of the molecule is CCc1nc2ccc(C(=O)Nc3ccccc3C#N)cc2[nH]1. The van der Waals surface area contributed by atoms with Crippen molar-refractivity contribution in [3.05, 3.63) is 59.4 Å². The van der Waals surface area contributed by atoms with Crippen LogP contribution in [0.1, 0.15) is 28.7 Å². The quantitative estimate of drug-likeness (QED) is 0.776. The summed E-state index contributed by atoms with van der Waals surface area (Å²) in [5.74, 6) is 0.639. The van der Waals surface area contributed by atoms with Gasteiger partial charge in [0.05, 0.1) is 22.3 Å². The van der Waals surface area contributed by atoms with Crippen LogP contribution in [0.25, 0.3) is 11.0 Å². The number of nitriles is 1. The van der Waals surface area contributed by atoms with Crippen molar-refractivity contribution in [1.29, 1.82) is 5.26 Å². The molecule has 0 saturated heterocycles. The number of nitrogens with zero attached hydrogens (tertiary/aromatic N) is 2. The number of benzene rings is 2. The maximum Gasteiger partial charge on any atom is 0.255 e. The van der Waals surface area contributed by atoms with E-state index in [0.717, 1.165) is 23.3 Å². The van der Waals surface area contributed by atoms with Crippen LogP contribution >= 0.6 is 0 Å². The molecule has 0 aliphatic carbocycles. The minimum Gasteiger partial charge on any atom is -0.342 e. The minimum atomic E-state index is -0.253. The van der Waals surface area contributed by atoms with E-state index in [4.69, 9.17) is 5.26 Å². The number of fused-ring (bicyclic) bond motifs is 1. The van der Waals surface area contributed by atoms with Crippen molar-refractivity contribution >= 4 is 22.6 Å². The molecule has 2 aromatic carbocycles. The Morgan fingerprint density at radius 2 is 2.14 bits per heavy atom. The third kappa shape index (κ3) is 2.54. The highest BCUT2D eigenvalue weighted by molar-refractivity contribution is 6.06. The van der Waals surface area contributed by atoms with Crippen molar-refractivity contribution in [3.8, 4) is 6.07 Å². The molecule has 0 spiro atoms.